The van der Waals surface area contributed by atoms with E-state index < -0.39 is 0 Å². The van der Waals surface area contributed by atoms with E-state index in [1.54, 1.807) is 0 Å². The number of halogens is 1. The van der Waals surface area contributed by atoms with Crippen LogP contribution in [0.3, 0.4) is 0 Å². The highest BCUT2D eigenvalue weighted by atomic mass is 35.5. The maximum Gasteiger partial charge on any atom is 0.170 e. The molecule has 2 rings (SSSR count). The van der Waals surface area contributed by atoms with Crippen LogP contribution in [-0.4, -0.2) is 11.7 Å². The standard InChI is InChI=1S/C17H19ClN2S/c1-13-15(18)10-5-11-16(13)20-17(21)19-12-6-9-14-7-3-2-4-8-14/h2-5,7-8,10-11H,6,9,12H2,1H3,(H2,19,20,21). The van der Waals surface area contributed by atoms with Crippen molar-refractivity contribution in [3.63, 3.8) is 0 Å². The van der Waals surface area contributed by atoms with Crippen molar-refractivity contribution < 1.29 is 0 Å². The summed E-state index contributed by atoms with van der Waals surface area (Å²) in [6, 6.07) is 16.2. The average Bonchev–Trinajstić information content (AvgIpc) is 2.49. The Kier molecular flexibility index (Phi) is 6.03. The topological polar surface area (TPSA) is 24.1 Å². The lowest BCUT2D eigenvalue weighted by Gasteiger charge is -2.13. The van der Waals surface area contributed by atoms with Crippen molar-refractivity contribution in [3.8, 4) is 0 Å². The fraction of sp³-hybridized carbons (Fsp3) is 0.235. The van der Waals surface area contributed by atoms with E-state index in [0.717, 1.165) is 35.7 Å². The smallest absolute Gasteiger partial charge is 0.170 e. The number of benzene rings is 2. The number of hydrogen-bond donors (Lipinski definition) is 2. The lowest BCUT2D eigenvalue weighted by Crippen LogP contribution is -2.29. The summed E-state index contributed by atoms with van der Waals surface area (Å²) >= 11 is 11.4. The third kappa shape index (κ3) is 5.03. The Bertz CT molecular complexity index is 599. The molecule has 0 aromatic heterocycles. The number of anilines is 1. The molecule has 2 aromatic carbocycles. The number of rotatable bonds is 5. The zero-order valence-corrected chi connectivity index (χ0v) is 13.6. The van der Waals surface area contributed by atoms with Gasteiger partial charge in [-0.3, -0.25) is 0 Å². The van der Waals surface area contributed by atoms with Crippen molar-refractivity contribution in [1.82, 2.24) is 5.32 Å². The largest absolute Gasteiger partial charge is 0.362 e. The Balaban J connectivity index is 1.74. The van der Waals surface area contributed by atoms with Gasteiger partial charge in [-0.15, -0.1) is 0 Å². The molecule has 0 radical (unpaired) electrons. The molecule has 0 atom stereocenters. The molecule has 0 saturated heterocycles. The third-order valence-corrected chi connectivity index (χ3v) is 3.94. The molecule has 2 nitrogen and oxygen atoms in total. The van der Waals surface area contributed by atoms with E-state index in [9.17, 15) is 0 Å². The molecular formula is C17H19ClN2S. The van der Waals surface area contributed by atoms with E-state index in [1.807, 2.05) is 31.2 Å². The predicted octanol–water partition coefficient (Wildman–Crippen LogP) is 4.57. The van der Waals surface area contributed by atoms with Crippen LogP contribution in [0.25, 0.3) is 0 Å². The lowest BCUT2D eigenvalue weighted by molar-refractivity contribution is 0.777. The fourth-order valence-corrected chi connectivity index (χ4v) is 2.44. The van der Waals surface area contributed by atoms with Crippen LogP contribution in [-0.2, 0) is 6.42 Å². The first-order valence-electron chi connectivity index (χ1n) is 7.00. The molecule has 0 unspecified atom stereocenters. The van der Waals surface area contributed by atoms with Gasteiger partial charge in [-0.2, -0.15) is 0 Å². The van der Waals surface area contributed by atoms with Gasteiger partial charge in [0.1, 0.15) is 0 Å². The van der Waals surface area contributed by atoms with Crippen molar-refractivity contribution >= 4 is 34.6 Å². The highest BCUT2D eigenvalue weighted by molar-refractivity contribution is 7.80. The molecule has 0 spiro atoms. The van der Waals surface area contributed by atoms with E-state index in [0.29, 0.717) is 5.11 Å². The summed E-state index contributed by atoms with van der Waals surface area (Å²) in [6.45, 7) is 2.82. The van der Waals surface area contributed by atoms with Crippen LogP contribution in [0.5, 0.6) is 0 Å². The van der Waals surface area contributed by atoms with Gasteiger partial charge in [-0.05, 0) is 55.2 Å². The Hall–Kier alpha value is -1.58. The molecule has 0 amide bonds. The van der Waals surface area contributed by atoms with Gasteiger partial charge >= 0.3 is 0 Å². The SMILES string of the molecule is Cc1c(Cl)cccc1NC(=S)NCCCc1ccccc1. The van der Waals surface area contributed by atoms with Crippen LogP contribution in [0.2, 0.25) is 5.02 Å². The zero-order valence-electron chi connectivity index (χ0n) is 12.0. The highest BCUT2D eigenvalue weighted by Crippen LogP contribution is 2.22. The number of nitrogens with one attached hydrogen (secondary N) is 2. The molecule has 0 saturated carbocycles. The van der Waals surface area contributed by atoms with Gasteiger partial charge in [0.15, 0.2) is 5.11 Å². The Morgan fingerprint density at radius 2 is 1.86 bits per heavy atom. The second-order valence-electron chi connectivity index (χ2n) is 4.88. The number of hydrogen-bond acceptors (Lipinski definition) is 1. The monoisotopic (exact) mass is 318 g/mol. The highest BCUT2D eigenvalue weighted by Gasteiger charge is 2.03. The minimum absolute atomic E-state index is 0.633. The Labute approximate surface area is 136 Å². The van der Waals surface area contributed by atoms with Gasteiger partial charge < -0.3 is 10.6 Å². The Morgan fingerprint density at radius 1 is 1.10 bits per heavy atom. The first kappa shape index (κ1) is 15.8. The maximum atomic E-state index is 6.09. The van der Waals surface area contributed by atoms with Gasteiger partial charge in [-0.25, -0.2) is 0 Å². The van der Waals surface area contributed by atoms with Gasteiger partial charge in [0, 0.05) is 17.3 Å². The van der Waals surface area contributed by atoms with E-state index in [4.69, 9.17) is 23.8 Å². The summed E-state index contributed by atoms with van der Waals surface area (Å²) in [5.41, 5.74) is 3.31. The summed E-state index contributed by atoms with van der Waals surface area (Å²) in [7, 11) is 0. The molecule has 21 heavy (non-hydrogen) atoms. The third-order valence-electron chi connectivity index (χ3n) is 3.29. The van der Waals surface area contributed by atoms with Gasteiger partial charge in [-0.1, -0.05) is 48.0 Å². The molecular weight excluding hydrogens is 300 g/mol. The van der Waals surface area contributed by atoms with Crippen LogP contribution < -0.4 is 10.6 Å². The summed E-state index contributed by atoms with van der Waals surface area (Å²) in [6.07, 6.45) is 2.09. The van der Waals surface area contributed by atoms with Crippen LogP contribution in [0.15, 0.2) is 48.5 Å². The van der Waals surface area contributed by atoms with E-state index in [-0.39, 0.29) is 0 Å². The molecule has 2 N–H and O–H groups in total. The summed E-state index contributed by atoms with van der Waals surface area (Å²) in [5, 5.41) is 7.79. The van der Waals surface area contributed by atoms with Crippen LogP contribution in [0.4, 0.5) is 5.69 Å². The first-order chi connectivity index (χ1) is 10.2. The van der Waals surface area contributed by atoms with Gasteiger partial charge in [0.25, 0.3) is 0 Å². The van der Waals surface area contributed by atoms with Crippen molar-refractivity contribution in [3.05, 3.63) is 64.7 Å². The number of thiocarbonyl (C=S) groups is 1. The quantitative estimate of drug-likeness (QED) is 0.624. The van der Waals surface area contributed by atoms with Crippen molar-refractivity contribution in [1.29, 1.82) is 0 Å². The molecule has 110 valence electrons. The zero-order chi connectivity index (χ0) is 15.1. The first-order valence-corrected chi connectivity index (χ1v) is 7.79. The average molecular weight is 319 g/mol. The fourth-order valence-electron chi connectivity index (χ4n) is 2.05. The molecule has 0 aliphatic rings. The van der Waals surface area contributed by atoms with Crippen molar-refractivity contribution in [2.75, 3.05) is 11.9 Å². The van der Waals surface area contributed by atoms with Crippen molar-refractivity contribution in [2.45, 2.75) is 19.8 Å². The van der Waals surface area contributed by atoms with Gasteiger partial charge in [0.05, 0.1) is 0 Å². The van der Waals surface area contributed by atoms with Crippen LogP contribution in [0.1, 0.15) is 17.5 Å². The molecule has 0 fully saturated rings. The summed E-state index contributed by atoms with van der Waals surface area (Å²) in [4.78, 5) is 0. The second-order valence-corrected chi connectivity index (χ2v) is 5.70. The lowest BCUT2D eigenvalue weighted by atomic mass is 10.1. The molecule has 0 bridgehead atoms. The summed E-state index contributed by atoms with van der Waals surface area (Å²) in [5.74, 6) is 0. The predicted molar refractivity (Wildman–Crippen MR) is 95.2 cm³/mol. The normalized spacial score (nSPS) is 10.2. The minimum atomic E-state index is 0.633. The van der Waals surface area contributed by atoms with Crippen LogP contribution in [0, 0.1) is 6.92 Å². The van der Waals surface area contributed by atoms with E-state index in [1.165, 1.54) is 5.56 Å². The Morgan fingerprint density at radius 3 is 2.62 bits per heavy atom. The van der Waals surface area contributed by atoms with Gasteiger partial charge in [0.2, 0.25) is 0 Å². The maximum absolute atomic E-state index is 6.09. The summed E-state index contributed by atoms with van der Waals surface area (Å²) < 4.78 is 0. The second kappa shape index (κ2) is 8.01. The van der Waals surface area contributed by atoms with Crippen LogP contribution >= 0.6 is 23.8 Å². The van der Waals surface area contributed by atoms with E-state index in [2.05, 4.69) is 34.9 Å². The molecule has 2 aromatic rings. The minimum Gasteiger partial charge on any atom is -0.362 e. The number of aryl methyl sites for hydroxylation is 1. The molecule has 0 aliphatic carbocycles. The van der Waals surface area contributed by atoms with Crippen molar-refractivity contribution in [2.24, 2.45) is 0 Å². The molecule has 0 heterocycles. The molecule has 4 heteroatoms. The molecule has 0 aliphatic heterocycles. The van der Waals surface area contributed by atoms with E-state index >= 15 is 0 Å².